The van der Waals surface area contributed by atoms with Gasteiger partial charge in [-0.25, -0.2) is 4.79 Å². The van der Waals surface area contributed by atoms with Gasteiger partial charge in [-0.1, -0.05) is 49.7 Å². The molecule has 0 aliphatic carbocycles. The van der Waals surface area contributed by atoms with Gasteiger partial charge in [0, 0.05) is 34.7 Å². The van der Waals surface area contributed by atoms with Crippen molar-refractivity contribution in [2.45, 2.75) is 125 Å². The molecule has 0 spiro atoms. The summed E-state index contributed by atoms with van der Waals surface area (Å²) in [5.74, 6) is -14.5. The first-order valence-corrected chi connectivity index (χ1v) is 28.4. The van der Waals surface area contributed by atoms with Crippen LogP contribution in [0.5, 0.6) is 46.0 Å². The molecule has 6 aliphatic rings. The highest BCUT2D eigenvalue weighted by atomic mass is 35.5. The number of hydrogen-bond donors (Lipinski definition) is 16. The molecule has 0 saturated carbocycles. The number of carboxylic acids is 1. The second-order valence-corrected chi connectivity index (χ2v) is 23.2. The molecule has 1 saturated heterocycles. The van der Waals surface area contributed by atoms with E-state index in [1.54, 1.807) is 0 Å². The lowest BCUT2D eigenvalue weighted by molar-refractivity contribution is -0.255. The monoisotopic (exact) mass is 1250 g/mol. The Bertz CT molecular complexity index is 3640. The van der Waals surface area contributed by atoms with Gasteiger partial charge in [0.15, 0.2) is 23.8 Å². The standard InChI is InChI=1S/C60H66ClN9O19/c1-23(2)14-34(64-5)53(78)69-47-49(75)27-9-13-38(33(61)16-27)88-40-18-28-17-39(50(40)76)87-30-10-6-25(7-11-30)51(89-42-22-60(4,63)52(77)24(3)86-42)48-58(83)68-46(59(84)85)32-19-29(71)20-37(73)43(32)31-15-26(8-12-36(31)72)44(55(80)70-48)67-56(81)45(28)66-54(79)35(21-41(62)74)65-57(47)82/h6-13,15-20,23-24,34-35,42,44-49,51-52,64,71-73,75-77H,14,21-22,63H2,1-5H3,(H2,62,74)(H,65,82)(H,66,79)(H,67,81)(H,68,83)(H,69,78)(H,70,80)(H,84,85)/t24-,34+,35-,42+,44+,45+,46-,47+,48-,49+,51+,52-,60-/m0/s1. The number of benzene rings is 5. The summed E-state index contributed by atoms with van der Waals surface area (Å²) >= 11 is 6.82. The minimum Gasteiger partial charge on any atom is -0.508 e. The van der Waals surface area contributed by atoms with Crippen LogP contribution in [0.4, 0.5) is 0 Å². The Labute approximate surface area is 512 Å². The van der Waals surface area contributed by atoms with E-state index in [1.807, 2.05) is 13.8 Å². The van der Waals surface area contributed by atoms with Gasteiger partial charge in [0.1, 0.15) is 71.2 Å². The summed E-state index contributed by atoms with van der Waals surface area (Å²) in [5.41, 5.74) is 8.84. The summed E-state index contributed by atoms with van der Waals surface area (Å²) in [4.78, 5) is 116. The summed E-state index contributed by atoms with van der Waals surface area (Å²) in [6.45, 7) is 6.71. The van der Waals surface area contributed by atoms with E-state index in [9.17, 15) is 59.7 Å². The molecule has 5 aromatic carbocycles. The average molecular weight is 1250 g/mol. The summed E-state index contributed by atoms with van der Waals surface area (Å²) in [5, 5.41) is 97.3. The number of ether oxygens (including phenoxy) is 4. The number of nitrogens with one attached hydrogen (secondary N) is 7. The number of carboxylic acid groups (broad SMARTS) is 1. The number of halogens is 1. The predicted molar refractivity (Wildman–Crippen MR) is 312 cm³/mol. The van der Waals surface area contributed by atoms with E-state index >= 15 is 14.4 Å². The van der Waals surface area contributed by atoms with Gasteiger partial charge in [-0.3, -0.25) is 33.6 Å². The Kier molecular flexibility index (Phi) is 18.6. The highest BCUT2D eigenvalue weighted by molar-refractivity contribution is 6.32. The lowest BCUT2D eigenvalue weighted by atomic mass is 9.86. The van der Waals surface area contributed by atoms with Gasteiger partial charge >= 0.3 is 5.97 Å². The highest BCUT2D eigenvalue weighted by Gasteiger charge is 2.47. The molecule has 472 valence electrons. The van der Waals surface area contributed by atoms with Crippen LogP contribution in [0.25, 0.3) is 11.1 Å². The van der Waals surface area contributed by atoms with E-state index in [0.29, 0.717) is 0 Å². The largest absolute Gasteiger partial charge is 0.508 e. The number of aromatic hydroxyl groups is 4. The second kappa shape index (κ2) is 25.8. The van der Waals surface area contributed by atoms with Crippen LogP contribution in [0.3, 0.4) is 0 Å². The van der Waals surface area contributed by atoms with E-state index in [4.69, 9.17) is 42.0 Å². The Morgan fingerprint density at radius 2 is 1.39 bits per heavy atom. The number of likely N-dealkylation sites (N-methyl/N-ethyl adjacent to an activating group) is 1. The minimum absolute atomic E-state index is 0.0412. The van der Waals surface area contributed by atoms with Gasteiger partial charge in [0.2, 0.25) is 47.1 Å². The fourth-order valence-electron chi connectivity index (χ4n) is 11.1. The number of phenols is 4. The average Bonchev–Trinajstić information content (AvgIpc) is 1.35. The smallest absolute Gasteiger partial charge is 0.330 e. The minimum atomic E-state index is -2.19. The molecule has 28 nitrogen and oxygen atoms in total. The molecular weight excluding hydrogens is 1190 g/mol. The zero-order valence-corrected chi connectivity index (χ0v) is 49.0. The maximum Gasteiger partial charge on any atom is 0.330 e. The van der Waals surface area contributed by atoms with Crippen molar-refractivity contribution in [1.29, 1.82) is 0 Å². The molecule has 1 fully saturated rings. The third-order valence-corrected chi connectivity index (χ3v) is 15.9. The SMILES string of the molecule is CN[C@H](CC(C)C)C(=O)N[C@H]1C(=O)N[C@@H](CC(N)=O)C(=O)N[C@H]2C(=O)N[C@H]3C(=O)N[C@H](C(=O)N[C@H](C(=O)O)c4cc(O)cc(O)c4-c4cc3ccc4O)[C@H](O[C@@H]3C[C@](C)(N)[C@@H](O)[C@H](C)O3)c3ccc(cc3)Oc3cc2cc(c3O)Oc2ccc(cc2Cl)[C@H]1O. The highest BCUT2D eigenvalue weighted by Crippen LogP contribution is 2.47. The molecule has 11 bridgehead atoms. The quantitative estimate of drug-likeness (QED) is 0.0950. The lowest BCUT2D eigenvalue weighted by Gasteiger charge is -2.44. The zero-order chi connectivity index (χ0) is 64.7. The summed E-state index contributed by atoms with van der Waals surface area (Å²) in [7, 11) is 1.50. The Hall–Kier alpha value is -9.29. The number of aliphatic carboxylic acids is 1. The molecule has 13 atom stereocenters. The summed E-state index contributed by atoms with van der Waals surface area (Å²) in [6, 6.07) is 2.82. The zero-order valence-electron chi connectivity index (χ0n) is 48.3. The van der Waals surface area contributed by atoms with Crippen molar-refractivity contribution in [3.63, 3.8) is 0 Å². The lowest BCUT2D eigenvalue weighted by Crippen LogP contribution is -2.61. The van der Waals surface area contributed by atoms with Gasteiger partial charge < -0.3 is 103 Å². The Morgan fingerprint density at radius 1 is 0.753 bits per heavy atom. The van der Waals surface area contributed by atoms with E-state index in [0.717, 1.165) is 42.5 Å². The molecule has 89 heavy (non-hydrogen) atoms. The number of aliphatic hydroxyl groups is 2. The summed E-state index contributed by atoms with van der Waals surface area (Å²) in [6.07, 6.45) is -8.27. The number of primary amides is 1. The maximum absolute atomic E-state index is 15.7. The van der Waals surface area contributed by atoms with Crippen molar-refractivity contribution >= 4 is 58.9 Å². The van der Waals surface area contributed by atoms with Crippen molar-refractivity contribution in [3.05, 3.63) is 118 Å². The van der Waals surface area contributed by atoms with Crippen LogP contribution < -0.4 is 58.2 Å². The first-order chi connectivity index (χ1) is 42.0. The van der Waals surface area contributed by atoms with Gasteiger partial charge in [-0.2, -0.15) is 0 Å². The van der Waals surface area contributed by atoms with Crippen LogP contribution >= 0.6 is 11.6 Å². The molecule has 18 N–H and O–H groups in total. The molecule has 11 rings (SSSR count). The number of phenolic OH excluding ortho intramolecular Hbond substituents is 4. The molecule has 0 unspecified atom stereocenters. The number of fused-ring (bicyclic) bond motifs is 15. The van der Waals surface area contributed by atoms with E-state index < -0.39 is 183 Å². The number of nitrogens with two attached hydrogens (primary N) is 2. The molecule has 29 heteroatoms. The second-order valence-electron chi connectivity index (χ2n) is 22.8. The first-order valence-electron chi connectivity index (χ1n) is 28.0. The molecule has 6 aliphatic heterocycles. The normalized spacial score (nSPS) is 26.6. The van der Waals surface area contributed by atoms with Gasteiger partial charge in [-0.05, 0) is 110 Å². The van der Waals surface area contributed by atoms with Crippen LogP contribution in [-0.2, 0) is 47.8 Å². The van der Waals surface area contributed by atoms with Crippen LogP contribution in [0, 0.1) is 5.92 Å². The number of carbonyl (C=O) groups excluding carboxylic acids is 7. The Balaban J connectivity index is 1.27. The topological polar surface area (TPSA) is 451 Å². The molecule has 5 aromatic rings. The van der Waals surface area contributed by atoms with Crippen molar-refractivity contribution in [2.75, 3.05) is 7.05 Å². The molecule has 7 amide bonds. The third kappa shape index (κ3) is 13.7. The van der Waals surface area contributed by atoms with Gasteiger partial charge in [0.25, 0.3) is 0 Å². The number of rotatable bonds is 10. The van der Waals surface area contributed by atoms with Crippen LogP contribution in [-0.4, -0.2) is 138 Å². The van der Waals surface area contributed by atoms with Crippen LogP contribution in [0.15, 0.2) is 84.9 Å². The fraction of sp³-hybridized carbons (Fsp3) is 0.367. The van der Waals surface area contributed by atoms with E-state index in [-0.39, 0.29) is 57.5 Å². The van der Waals surface area contributed by atoms with Crippen molar-refractivity contribution in [2.24, 2.45) is 17.4 Å². The first kappa shape index (κ1) is 64.2. The number of carbonyl (C=O) groups is 8. The molecular formula is C60H66ClN9O19. The fourth-order valence-corrected chi connectivity index (χ4v) is 11.3. The van der Waals surface area contributed by atoms with E-state index in [2.05, 4.69) is 37.2 Å². The maximum atomic E-state index is 15.7. The van der Waals surface area contributed by atoms with Crippen molar-refractivity contribution in [1.82, 2.24) is 37.2 Å². The number of hydrogen-bond acceptors (Lipinski definition) is 20. The number of amides is 7. The number of aliphatic hydroxyl groups excluding tert-OH is 2. The Morgan fingerprint density at radius 3 is 2.03 bits per heavy atom. The predicted octanol–water partition coefficient (Wildman–Crippen LogP) is 1.98. The van der Waals surface area contributed by atoms with Crippen LogP contribution in [0.2, 0.25) is 5.02 Å². The summed E-state index contributed by atoms with van der Waals surface area (Å²) < 4.78 is 25.1. The molecule has 6 heterocycles. The molecule has 0 radical (unpaired) electrons. The van der Waals surface area contributed by atoms with Crippen LogP contribution in [0.1, 0.15) is 105 Å². The third-order valence-electron chi connectivity index (χ3n) is 15.6. The van der Waals surface area contributed by atoms with Gasteiger partial charge in [0.05, 0.1) is 29.7 Å². The van der Waals surface area contributed by atoms with Crippen molar-refractivity contribution in [3.8, 4) is 57.1 Å². The van der Waals surface area contributed by atoms with E-state index in [1.165, 1.54) is 63.4 Å². The molecule has 0 aromatic heterocycles. The van der Waals surface area contributed by atoms with Gasteiger partial charge in [-0.15, -0.1) is 0 Å². The van der Waals surface area contributed by atoms with Crippen molar-refractivity contribution < 1.29 is 93.0 Å².